The van der Waals surface area contributed by atoms with Crippen molar-refractivity contribution in [1.82, 2.24) is 24.1 Å². The van der Waals surface area contributed by atoms with Crippen molar-refractivity contribution in [1.29, 1.82) is 0 Å². The van der Waals surface area contributed by atoms with Crippen molar-refractivity contribution in [2.75, 3.05) is 39.4 Å². The van der Waals surface area contributed by atoms with Crippen molar-refractivity contribution in [2.45, 2.75) is 30.4 Å². The smallest absolute Gasteiger partial charge is 0.315 e. The molecule has 5 rings (SSSR count). The van der Waals surface area contributed by atoms with Gasteiger partial charge in [0.2, 0.25) is 10.0 Å². The summed E-state index contributed by atoms with van der Waals surface area (Å²) in [4.78, 5) is 24.4. The first-order valence-electron chi connectivity index (χ1n) is 10.7. The average molecular weight is 459 g/mol. The Hall–Kier alpha value is -2.60. The van der Waals surface area contributed by atoms with Gasteiger partial charge in [-0.1, -0.05) is 0 Å². The van der Waals surface area contributed by atoms with Crippen molar-refractivity contribution < 1.29 is 17.9 Å². The monoisotopic (exact) mass is 458 g/mol. The molecule has 2 N–H and O–H groups in total. The zero-order valence-electron chi connectivity index (χ0n) is 17.7. The predicted molar refractivity (Wildman–Crippen MR) is 115 cm³/mol. The van der Waals surface area contributed by atoms with Crippen molar-refractivity contribution >= 4 is 16.1 Å². The minimum Gasteiger partial charge on any atom is -0.378 e. The van der Waals surface area contributed by atoms with Gasteiger partial charge in [0, 0.05) is 63.8 Å². The summed E-state index contributed by atoms with van der Waals surface area (Å²) in [7, 11) is -3.58. The Morgan fingerprint density at radius 2 is 1.88 bits per heavy atom. The molecular weight excluding hydrogens is 432 g/mol. The van der Waals surface area contributed by atoms with Gasteiger partial charge in [0.1, 0.15) is 4.90 Å². The molecular formula is C21H26N6O4S. The molecule has 0 unspecified atom stereocenters. The zero-order chi connectivity index (χ0) is 22.3. The lowest BCUT2D eigenvalue weighted by Crippen LogP contribution is -2.57. The first kappa shape index (κ1) is 21.3. The van der Waals surface area contributed by atoms with Crippen LogP contribution in [-0.2, 0) is 34.3 Å². The van der Waals surface area contributed by atoms with Gasteiger partial charge >= 0.3 is 6.03 Å². The lowest BCUT2D eigenvalue weighted by Gasteiger charge is -2.42. The number of hydrogen-bond donors (Lipinski definition) is 1. The highest BCUT2D eigenvalue weighted by Gasteiger charge is 2.33. The first-order valence-corrected chi connectivity index (χ1v) is 12.1. The molecule has 2 amide bonds. The summed E-state index contributed by atoms with van der Waals surface area (Å²) in [5.41, 5.74) is 8.97. The fourth-order valence-electron chi connectivity index (χ4n) is 4.41. The highest BCUT2D eigenvalue weighted by molar-refractivity contribution is 7.89. The summed E-state index contributed by atoms with van der Waals surface area (Å²) < 4.78 is 32.9. The summed E-state index contributed by atoms with van der Waals surface area (Å²) >= 11 is 0. The number of nitrogens with zero attached hydrogens (tertiary/aromatic N) is 5. The number of rotatable bonds is 5. The fourth-order valence-corrected chi connectivity index (χ4v) is 5.78. The lowest BCUT2D eigenvalue weighted by atomic mass is 10.1. The number of ether oxygens (including phenoxy) is 1. The Bertz CT molecular complexity index is 1110. The van der Waals surface area contributed by atoms with Gasteiger partial charge in [-0.3, -0.25) is 14.9 Å². The summed E-state index contributed by atoms with van der Waals surface area (Å²) in [6.45, 7) is 4.74. The second-order valence-electron chi connectivity index (χ2n) is 8.38. The second-order valence-corrected chi connectivity index (χ2v) is 10.3. The third kappa shape index (κ3) is 3.96. The highest BCUT2D eigenvalue weighted by atomic mass is 32.2. The normalized spacial score (nSPS) is 20.2. The van der Waals surface area contributed by atoms with Crippen LogP contribution < -0.4 is 5.73 Å². The summed E-state index contributed by atoms with van der Waals surface area (Å²) in [5, 5.41) is 0. The molecule has 10 nitrogen and oxygen atoms in total. The maximum atomic E-state index is 13.1. The fraction of sp³-hybridized carbons (Fsp3) is 0.476. The van der Waals surface area contributed by atoms with E-state index in [0.29, 0.717) is 51.7 Å². The Morgan fingerprint density at radius 1 is 1.09 bits per heavy atom. The van der Waals surface area contributed by atoms with E-state index in [4.69, 9.17) is 10.5 Å². The van der Waals surface area contributed by atoms with Crippen molar-refractivity contribution in [3.05, 3.63) is 53.1 Å². The molecule has 0 radical (unpaired) electrons. The number of aromatic nitrogens is 2. The van der Waals surface area contributed by atoms with Crippen LogP contribution in [0, 0.1) is 0 Å². The molecule has 2 fully saturated rings. The van der Waals surface area contributed by atoms with Crippen LogP contribution in [0.2, 0.25) is 0 Å². The number of carbonyl (C=O) groups excluding carboxylic acids is 1. The zero-order valence-corrected chi connectivity index (χ0v) is 18.5. The maximum Gasteiger partial charge on any atom is 0.315 e. The van der Waals surface area contributed by atoms with Crippen LogP contribution >= 0.6 is 0 Å². The standard InChI is InChI=1S/C21H26N6O4S/c22-21(28)26-11-15-3-4-23-20(19(15)12-26)9-16-1-2-18(10-24-16)32(29,30)27-7-5-25(6-8-27)17-13-31-14-17/h1-4,10,17H,5-9,11-14H2,(H2,22,28). The molecule has 2 aromatic rings. The summed E-state index contributed by atoms with van der Waals surface area (Å²) in [6, 6.07) is 5.20. The maximum absolute atomic E-state index is 13.1. The van der Waals surface area contributed by atoms with Crippen molar-refractivity contribution in [3.8, 4) is 0 Å². The molecule has 0 spiro atoms. The molecule has 5 heterocycles. The van der Waals surface area contributed by atoms with E-state index in [-0.39, 0.29) is 4.90 Å². The van der Waals surface area contributed by atoms with Crippen LogP contribution in [0.3, 0.4) is 0 Å². The number of primary amides is 1. The first-order chi connectivity index (χ1) is 15.4. The number of nitrogens with two attached hydrogens (primary N) is 1. The quantitative estimate of drug-likeness (QED) is 0.678. The van der Waals surface area contributed by atoms with Gasteiger partial charge in [-0.15, -0.1) is 0 Å². The molecule has 0 atom stereocenters. The van der Waals surface area contributed by atoms with E-state index in [1.807, 2.05) is 6.07 Å². The molecule has 0 aliphatic carbocycles. The molecule has 170 valence electrons. The van der Waals surface area contributed by atoms with Crippen molar-refractivity contribution in [3.63, 3.8) is 0 Å². The topological polar surface area (TPSA) is 122 Å². The van der Waals surface area contributed by atoms with Gasteiger partial charge in [0.05, 0.1) is 24.9 Å². The third-order valence-corrected chi connectivity index (χ3v) is 8.34. The van der Waals surface area contributed by atoms with E-state index in [2.05, 4.69) is 14.9 Å². The second kappa shape index (κ2) is 8.39. The number of fused-ring (bicyclic) bond motifs is 1. The van der Waals surface area contributed by atoms with Gasteiger partial charge in [-0.05, 0) is 29.3 Å². The summed E-state index contributed by atoms with van der Waals surface area (Å²) in [6.07, 6.45) is 3.60. The number of sulfonamides is 1. The van der Waals surface area contributed by atoms with Crippen molar-refractivity contribution in [2.24, 2.45) is 5.73 Å². The number of hydrogen-bond acceptors (Lipinski definition) is 7. The third-order valence-electron chi connectivity index (χ3n) is 6.46. The molecule has 2 saturated heterocycles. The van der Waals surface area contributed by atoms with E-state index < -0.39 is 16.1 Å². The summed E-state index contributed by atoms with van der Waals surface area (Å²) in [5.74, 6) is 0. The lowest BCUT2D eigenvalue weighted by molar-refractivity contribution is -0.0721. The van der Waals surface area contributed by atoms with E-state index in [9.17, 15) is 13.2 Å². The Labute approximate surface area is 187 Å². The van der Waals surface area contributed by atoms with Crippen LogP contribution in [0.25, 0.3) is 0 Å². The minimum absolute atomic E-state index is 0.202. The van der Waals surface area contributed by atoms with Crippen LogP contribution in [0.4, 0.5) is 4.79 Å². The van der Waals surface area contributed by atoms with Gasteiger partial charge in [0.15, 0.2) is 0 Å². The van der Waals surface area contributed by atoms with Crippen LogP contribution in [0.15, 0.2) is 35.5 Å². The molecule has 32 heavy (non-hydrogen) atoms. The number of pyridine rings is 2. The average Bonchev–Trinajstić information content (AvgIpc) is 3.19. The Balaban J connectivity index is 1.26. The van der Waals surface area contributed by atoms with Crippen LogP contribution in [-0.4, -0.2) is 84.0 Å². The molecule has 2 aromatic heterocycles. The Morgan fingerprint density at radius 3 is 2.50 bits per heavy atom. The predicted octanol–water partition coefficient (Wildman–Crippen LogP) is 0.167. The number of carbonyl (C=O) groups is 1. The number of amides is 2. The largest absolute Gasteiger partial charge is 0.378 e. The molecule has 0 saturated carbocycles. The molecule has 3 aliphatic heterocycles. The molecule has 0 aromatic carbocycles. The number of urea groups is 1. The highest BCUT2D eigenvalue weighted by Crippen LogP contribution is 2.26. The molecule has 0 bridgehead atoms. The molecule has 3 aliphatic rings. The Kier molecular flexibility index (Phi) is 5.58. The van der Waals surface area contributed by atoms with E-state index in [1.54, 1.807) is 23.2 Å². The van der Waals surface area contributed by atoms with Gasteiger partial charge in [0.25, 0.3) is 0 Å². The van der Waals surface area contributed by atoms with Gasteiger partial charge in [-0.25, -0.2) is 13.2 Å². The van der Waals surface area contributed by atoms with E-state index in [0.717, 1.165) is 35.7 Å². The van der Waals surface area contributed by atoms with E-state index >= 15 is 0 Å². The van der Waals surface area contributed by atoms with E-state index in [1.165, 1.54) is 10.5 Å². The van der Waals surface area contributed by atoms with Crippen LogP contribution in [0.1, 0.15) is 22.5 Å². The van der Waals surface area contributed by atoms with Gasteiger partial charge in [-0.2, -0.15) is 4.31 Å². The molecule has 11 heteroatoms. The minimum atomic E-state index is -3.58. The SMILES string of the molecule is NC(=O)N1Cc2ccnc(Cc3ccc(S(=O)(=O)N4CCN(C5COC5)CC4)cn3)c2C1. The van der Waals surface area contributed by atoms with Gasteiger partial charge < -0.3 is 15.4 Å². The number of piperazine rings is 1. The van der Waals surface area contributed by atoms with Crippen LogP contribution in [0.5, 0.6) is 0 Å².